The molecular weight excluding hydrogens is 442 g/mol. The Balaban J connectivity index is 1.63. The highest BCUT2D eigenvalue weighted by atomic mass is 35.5. The van der Waals surface area contributed by atoms with Crippen molar-refractivity contribution in [1.82, 2.24) is 19.9 Å². The average Bonchev–Trinajstić information content (AvgIpc) is 3.42. The van der Waals surface area contributed by atoms with Crippen molar-refractivity contribution < 1.29 is 9.53 Å². The van der Waals surface area contributed by atoms with Crippen LogP contribution in [0.5, 0.6) is 0 Å². The van der Waals surface area contributed by atoms with E-state index in [2.05, 4.69) is 15.6 Å². The lowest BCUT2D eigenvalue weighted by atomic mass is 9.85. The van der Waals surface area contributed by atoms with Crippen LogP contribution in [0, 0.1) is 6.92 Å². The molecule has 5 rings (SSSR count). The molecular formula is C24H26ClN5O3. The fourth-order valence-corrected chi connectivity index (χ4v) is 5.17. The predicted octanol–water partition coefficient (Wildman–Crippen LogP) is 3.35. The molecule has 0 unspecified atom stereocenters. The van der Waals surface area contributed by atoms with Gasteiger partial charge in [-0.25, -0.2) is 9.97 Å². The second-order valence-corrected chi connectivity index (χ2v) is 9.34. The quantitative estimate of drug-likeness (QED) is 0.571. The highest BCUT2D eigenvalue weighted by molar-refractivity contribution is 6.29. The van der Waals surface area contributed by atoms with Gasteiger partial charge in [0.1, 0.15) is 11.0 Å². The number of carbonyl (C=O) groups is 1. The Morgan fingerprint density at radius 1 is 1.27 bits per heavy atom. The molecule has 1 saturated heterocycles. The van der Waals surface area contributed by atoms with E-state index in [1.54, 1.807) is 19.2 Å². The van der Waals surface area contributed by atoms with Crippen LogP contribution in [0.25, 0.3) is 10.9 Å². The SMILES string of the molecule is CNC(=O)c1nc(Cl)ccc1N[C@H](C)c1cc(C)cc2c(=O)n3c(nc12)[C@]1(CCOC1)CC3. The number of hydrogen-bond donors (Lipinski definition) is 2. The van der Waals surface area contributed by atoms with Crippen molar-refractivity contribution in [3.63, 3.8) is 0 Å². The van der Waals surface area contributed by atoms with Crippen LogP contribution in [0.1, 0.15) is 53.2 Å². The first kappa shape index (κ1) is 21.9. The summed E-state index contributed by atoms with van der Waals surface area (Å²) in [6.07, 6.45) is 1.76. The summed E-state index contributed by atoms with van der Waals surface area (Å²) in [7, 11) is 1.55. The zero-order chi connectivity index (χ0) is 23.3. The van der Waals surface area contributed by atoms with E-state index in [1.807, 2.05) is 30.5 Å². The first-order valence-electron chi connectivity index (χ1n) is 11.1. The fraction of sp³-hybridized carbons (Fsp3) is 0.417. The van der Waals surface area contributed by atoms with Gasteiger partial charge in [0.05, 0.1) is 34.7 Å². The minimum atomic E-state index is -0.335. The fourth-order valence-electron chi connectivity index (χ4n) is 5.02. The number of nitrogens with zero attached hydrogens (tertiary/aromatic N) is 3. The minimum Gasteiger partial charge on any atom is -0.380 e. The molecule has 1 amide bonds. The van der Waals surface area contributed by atoms with E-state index in [0.29, 0.717) is 36.3 Å². The molecule has 33 heavy (non-hydrogen) atoms. The number of hydrogen-bond acceptors (Lipinski definition) is 6. The maximum atomic E-state index is 13.4. The Labute approximate surface area is 196 Å². The lowest BCUT2D eigenvalue weighted by molar-refractivity contribution is 0.0959. The number of ether oxygens (including phenoxy) is 1. The van der Waals surface area contributed by atoms with Gasteiger partial charge in [0, 0.05) is 25.8 Å². The van der Waals surface area contributed by atoms with Crippen LogP contribution < -0.4 is 16.2 Å². The van der Waals surface area contributed by atoms with Gasteiger partial charge >= 0.3 is 0 Å². The number of carbonyl (C=O) groups excluding carboxylic acids is 1. The van der Waals surface area contributed by atoms with Crippen LogP contribution in [0.15, 0.2) is 29.1 Å². The van der Waals surface area contributed by atoms with Gasteiger partial charge in [-0.2, -0.15) is 0 Å². The van der Waals surface area contributed by atoms with Gasteiger partial charge in [-0.1, -0.05) is 17.7 Å². The van der Waals surface area contributed by atoms with E-state index < -0.39 is 0 Å². The molecule has 1 spiro atoms. The number of fused-ring (bicyclic) bond motifs is 3. The number of aromatic nitrogens is 3. The molecule has 8 nitrogen and oxygen atoms in total. The molecule has 2 aromatic heterocycles. The Hall–Kier alpha value is -2.97. The second-order valence-electron chi connectivity index (χ2n) is 8.95. The van der Waals surface area contributed by atoms with E-state index in [0.717, 1.165) is 29.8 Å². The number of aryl methyl sites for hydroxylation is 1. The van der Waals surface area contributed by atoms with Crippen molar-refractivity contribution >= 4 is 34.1 Å². The first-order chi connectivity index (χ1) is 15.8. The number of anilines is 1. The van der Waals surface area contributed by atoms with Crippen LogP contribution in [-0.4, -0.2) is 40.7 Å². The maximum Gasteiger partial charge on any atom is 0.271 e. The first-order valence-corrected chi connectivity index (χ1v) is 11.5. The normalized spacial score (nSPS) is 20.2. The molecule has 1 fully saturated rings. The molecule has 2 N–H and O–H groups in total. The molecule has 0 bridgehead atoms. The third-order valence-electron chi connectivity index (χ3n) is 6.77. The largest absolute Gasteiger partial charge is 0.380 e. The zero-order valence-corrected chi connectivity index (χ0v) is 19.6. The Kier molecular flexibility index (Phi) is 5.37. The molecule has 9 heteroatoms. The highest BCUT2D eigenvalue weighted by Gasteiger charge is 2.44. The van der Waals surface area contributed by atoms with Gasteiger partial charge in [0.2, 0.25) is 0 Å². The summed E-state index contributed by atoms with van der Waals surface area (Å²) in [5.41, 5.74) is 3.14. The zero-order valence-electron chi connectivity index (χ0n) is 18.9. The second kappa shape index (κ2) is 8.11. The monoisotopic (exact) mass is 467 g/mol. The van der Waals surface area contributed by atoms with Gasteiger partial charge in [0.15, 0.2) is 5.69 Å². The van der Waals surface area contributed by atoms with E-state index in [9.17, 15) is 9.59 Å². The van der Waals surface area contributed by atoms with Crippen molar-refractivity contribution in [3.8, 4) is 0 Å². The van der Waals surface area contributed by atoms with E-state index in [1.165, 1.54) is 0 Å². The Morgan fingerprint density at radius 3 is 2.82 bits per heavy atom. The highest BCUT2D eigenvalue weighted by Crippen LogP contribution is 2.40. The van der Waals surface area contributed by atoms with Gasteiger partial charge in [0.25, 0.3) is 11.5 Å². The molecule has 0 saturated carbocycles. The number of amides is 1. The predicted molar refractivity (Wildman–Crippen MR) is 127 cm³/mol. The summed E-state index contributed by atoms with van der Waals surface area (Å²) in [6, 6.07) is 7.08. The minimum absolute atomic E-state index is 0.00451. The van der Waals surface area contributed by atoms with Gasteiger partial charge in [-0.15, -0.1) is 0 Å². The van der Waals surface area contributed by atoms with Crippen LogP contribution in [0.2, 0.25) is 5.15 Å². The molecule has 4 heterocycles. The summed E-state index contributed by atoms with van der Waals surface area (Å²) < 4.78 is 7.52. The number of nitrogens with one attached hydrogen (secondary N) is 2. The van der Waals surface area contributed by atoms with Crippen molar-refractivity contribution in [1.29, 1.82) is 0 Å². The molecule has 2 aliphatic heterocycles. The summed E-state index contributed by atoms with van der Waals surface area (Å²) in [5, 5.41) is 6.83. The van der Waals surface area contributed by atoms with Crippen LogP contribution in [-0.2, 0) is 16.7 Å². The van der Waals surface area contributed by atoms with Crippen molar-refractivity contribution in [2.24, 2.45) is 0 Å². The summed E-state index contributed by atoms with van der Waals surface area (Å²) in [6.45, 7) is 5.92. The smallest absolute Gasteiger partial charge is 0.271 e. The van der Waals surface area contributed by atoms with Gasteiger partial charge in [-0.05, 0) is 50.5 Å². The standard InChI is InChI=1S/C24H26ClN5O3/c1-13-10-15(14(2)27-17-4-5-18(25)28-20(17)21(31)26-3)19-16(11-13)22(32)30-8-6-24(23(30)29-19)7-9-33-12-24/h4-5,10-11,14,27H,6-9,12H2,1-3H3,(H,26,31)/t14-,24+/m1/s1. The Bertz CT molecular complexity index is 1330. The number of pyridine rings is 1. The number of benzene rings is 1. The lowest BCUT2D eigenvalue weighted by Crippen LogP contribution is -2.29. The van der Waals surface area contributed by atoms with Gasteiger partial charge < -0.3 is 15.4 Å². The van der Waals surface area contributed by atoms with Crippen molar-refractivity contribution in [2.45, 2.75) is 44.7 Å². The Morgan fingerprint density at radius 2 is 2.09 bits per heavy atom. The van der Waals surface area contributed by atoms with Crippen LogP contribution >= 0.6 is 11.6 Å². The van der Waals surface area contributed by atoms with Gasteiger partial charge in [-0.3, -0.25) is 14.2 Å². The van der Waals surface area contributed by atoms with E-state index >= 15 is 0 Å². The lowest BCUT2D eigenvalue weighted by Gasteiger charge is -2.23. The van der Waals surface area contributed by atoms with Crippen molar-refractivity contribution in [3.05, 3.63) is 62.4 Å². The van der Waals surface area contributed by atoms with Crippen LogP contribution in [0.3, 0.4) is 0 Å². The molecule has 1 aromatic carbocycles. The number of halogens is 1. The van der Waals surface area contributed by atoms with Crippen LogP contribution in [0.4, 0.5) is 5.69 Å². The third kappa shape index (κ3) is 3.57. The molecule has 172 valence electrons. The average molecular weight is 468 g/mol. The molecule has 0 aliphatic carbocycles. The maximum absolute atomic E-state index is 13.4. The summed E-state index contributed by atoms with van der Waals surface area (Å²) in [5.74, 6) is 0.493. The molecule has 2 atom stereocenters. The number of rotatable bonds is 4. The molecule has 2 aliphatic rings. The van der Waals surface area contributed by atoms with E-state index in [-0.39, 0.29) is 33.8 Å². The topological polar surface area (TPSA) is 98.1 Å². The summed E-state index contributed by atoms with van der Waals surface area (Å²) >= 11 is 6.02. The molecule has 0 radical (unpaired) electrons. The molecule has 3 aromatic rings. The summed E-state index contributed by atoms with van der Waals surface area (Å²) in [4.78, 5) is 35.1. The van der Waals surface area contributed by atoms with Crippen molar-refractivity contribution in [2.75, 3.05) is 25.6 Å². The third-order valence-corrected chi connectivity index (χ3v) is 6.98. The van der Waals surface area contributed by atoms with E-state index in [4.69, 9.17) is 21.3 Å².